The Kier molecular flexibility index (Phi) is 8.32. The minimum atomic E-state index is -0.0352. The summed E-state index contributed by atoms with van der Waals surface area (Å²) in [6.45, 7) is 2.35. The molecule has 10 aromatic carbocycles. The van der Waals surface area contributed by atoms with E-state index >= 15 is 0 Å². The summed E-state index contributed by atoms with van der Waals surface area (Å²) < 4.78 is 2.47. The minimum absolute atomic E-state index is 0.0352. The smallest absolute Gasteiger partial charge is 0.110 e. The third kappa shape index (κ3) is 5.78. The monoisotopic (exact) mass is 817 g/mol. The second-order valence-corrected chi connectivity index (χ2v) is 17.6. The lowest BCUT2D eigenvalue weighted by Crippen LogP contribution is -2.38. The Morgan fingerprint density at radius 3 is 1.92 bits per heavy atom. The molecule has 302 valence electrons. The summed E-state index contributed by atoms with van der Waals surface area (Å²) in [5.41, 5.74) is 9.48. The van der Waals surface area contributed by atoms with E-state index in [4.69, 9.17) is 4.99 Å². The molecule has 1 aliphatic carbocycles. The lowest BCUT2D eigenvalue weighted by molar-refractivity contribution is 0.603. The molecule has 0 saturated carbocycles. The summed E-state index contributed by atoms with van der Waals surface area (Å²) in [6.07, 6.45) is 9.52. The fraction of sp³-hybridized carbons (Fsp3) is 0.0656. The third-order valence-corrected chi connectivity index (χ3v) is 13.8. The van der Waals surface area contributed by atoms with Crippen LogP contribution < -0.4 is 5.32 Å². The Morgan fingerprint density at radius 1 is 0.500 bits per heavy atom. The Labute approximate surface area is 371 Å². The van der Waals surface area contributed by atoms with Crippen molar-refractivity contribution in [3.05, 3.63) is 235 Å². The summed E-state index contributed by atoms with van der Waals surface area (Å²) in [5, 5.41) is 19.1. The van der Waals surface area contributed by atoms with Gasteiger partial charge in [-0.2, -0.15) is 0 Å². The molecule has 1 aromatic heterocycles. The van der Waals surface area contributed by atoms with Crippen LogP contribution in [0.25, 0.3) is 92.6 Å². The normalized spacial score (nSPS) is 17.6. The van der Waals surface area contributed by atoms with E-state index in [0.29, 0.717) is 0 Å². The van der Waals surface area contributed by atoms with Gasteiger partial charge in [-0.15, -0.1) is 0 Å². The number of hydrogen-bond acceptors (Lipinski definition) is 2. The van der Waals surface area contributed by atoms with E-state index in [1.165, 1.54) is 98.1 Å². The molecule has 3 nitrogen and oxygen atoms in total. The number of amidine groups is 1. The molecule has 0 bridgehead atoms. The zero-order valence-electron chi connectivity index (χ0n) is 35.4. The maximum absolute atomic E-state index is 5.46. The number of rotatable bonds is 5. The molecule has 11 aromatic rings. The fourth-order valence-corrected chi connectivity index (χ4v) is 10.8. The molecule has 0 radical (unpaired) electrons. The van der Waals surface area contributed by atoms with Crippen LogP contribution in [0.4, 0.5) is 0 Å². The molecule has 3 atom stereocenters. The van der Waals surface area contributed by atoms with Gasteiger partial charge in [-0.25, -0.2) is 4.99 Å². The molecule has 2 aliphatic rings. The molecular weight excluding hydrogens is 775 g/mol. The largest absolute Gasteiger partial charge is 0.363 e. The van der Waals surface area contributed by atoms with Crippen molar-refractivity contribution < 1.29 is 0 Å². The number of aliphatic imine (C=N–C) groups is 1. The molecule has 0 fully saturated rings. The van der Waals surface area contributed by atoms with Gasteiger partial charge in [-0.05, 0) is 108 Å². The molecule has 0 amide bonds. The Bertz CT molecular complexity index is 3840. The summed E-state index contributed by atoms with van der Waals surface area (Å²) in [5.74, 6) is 1.23. The minimum Gasteiger partial charge on any atom is -0.363 e. The van der Waals surface area contributed by atoms with E-state index in [2.05, 4.69) is 235 Å². The SMILES string of the molecule is CC1C=C(c2cc3c4ccccc4c4c(c5ccccc5n4-c4ccccc4)c3c3ccccc23)C=CC1C1=NC(c2ccc3ccccc3c2)=CC(c2ccc3ccccc3c2)N1. The van der Waals surface area contributed by atoms with Gasteiger partial charge in [0.05, 0.1) is 22.8 Å². The predicted octanol–water partition coefficient (Wildman–Crippen LogP) is 15.5. The van der Waals surface area contributed by atoms with Crippen LogP contribution in [-0.2, 0) is 0 Å². The van der Waals surface area contributed by atoms with Gasteiger partial charge >= 0.3 is 0 Å². The average molecular weight is 818 g/mol. The van der Waals surface area contributed by atoms with Gasteiger partial charge < -0.3 is 9.88 Å². The molecule has 64 heavy (non-hydrogen) atoms. The van der Waals surface area contributed by atoms with Crippen molar-refractivity contribution in [2.24, 2.45) is 16.8 Å². The summed E-state index contributed by atoms with van der Waals surface area (Å²) >= 11 is 0. The quantitative estimate of drug-likeness (QED) is 0.172. The van der Waals surface area contributed by atoms with Crippen molar-refractivity contribution in [2.45, 2.75) is 13.0 Å². The number of para-hydroxylation sites is 2. The number of allylic oxidation sites excluding steroid dienone is 3. The van der Waals surface area contributed by atoms with E-state index in [1.54, 1.807) is 0 Å². The average Bonchev–Trinajstić information content (AvgIpc) is 3.71. The molecular formula is C61H43N3. The number of nitrogens with one attached hydrogen (secondary N) is 1. The van der Waals surface area contributed by atoms with Crippen LogP contribution in [-0.4, -0.2) is 10.4 Å². The number of fused-ring (bicyclic) bond motifs is 12. The van der Waals surface area contributed by atoms with Crippen LogP contribution in [0.1, 0.15) is 29.7 Å². The number of nitrogens with zero attached hydrogens (tertiary/aromatic N) is 2. The highest BCUT2D eigenvalue weighted by atomic mass is 15.1. The lowest BCUT2D eigenvalue weighted by Gasteiger charge is -2.31. The van der Waals surface area contributed by atoms with Crippen LogP contribution in [0, 0.1) is 11.8 Å². The molecule has 0 saturated heterocycles. The Hall–Kier alpha value is -8.01. The highest BCUT2D eigenvalue weighted by Crippen LogP contribution is 2.47. The van der Waals surface area contributed by atoms with E-state index in [-0.39, 0.29) is 17.9 Å². The van der Waals surface area contributed by atoms with Crippen molar-refractivity contribution >= 4 is 92.8 Å². The van der Waals surface area contributed by atoms with Crippen molar-refractivity contribution in [2.75, 3.05) is 0 Å². The molecule has 3 heteroatoms. The maximum Gasteiger partial charge on any atom is 0.110 e. The lowest BCUT2D eigenvalue weighted by atomic mass is 9.81. The van der Waals surface area contributed by atoms with E-state index in [0.717, 1.165) is 17.1 Å². The highest BCUT2D eigenvalue weighted by Gasteiger charge is 2.29. The number of aromatic nitrogens is 1. The van der Waals surface area contributed by atoms with Crippen LogP contribution in [0.5, 0.6) is 0 Å². The fourth-order valence-electron chi connectivity index (χ4n) is 10.8. The van der Waals surface area contributed by atoms with E-state index < -0.39 is 0 Å². The molecule has 0 spiro atoms. The highest BCUT2D eigenvalue weighted by molar-refractivity contribution is 6.37. The van der Waals surface area contributed by atoms with Crippen molar-refractivity contribution in [3.8, 4) is 5.69 Å². The first-order chi connectivity index (χ1) is 31.6. The van der Waals surface area contributed by atoms with Crippen LogP contribution in [0.2, 0.25) is 0 Å². The van der Waals surface area contributed by atoms with Crippen molar-refractivity contribution in [1.82, 2.24) is 9.88 Å². The second-order valence-electron chi connectivity index (χ2n) is 17.6. The summed E-state index contributed by atoms with van der Waals surface area (Å²) in [4.78, 5) is 5.46. The molecule has 13 rings (SSSR count). The first-order valence-corrected chi connectivity index (χ1v) is 22.4. The van der Waals surface area contributed by atoms with Crippen LogP contribution in [0.15, 0.2) is 223 Å². The van der Waals surface area contributed by atoms with Crippen molar-refractivity contribution in [3.63, 3.8) is 0 Å². The van der Waals surface area contributed by atoms with Gasteiger partial charge in [0.25, 0.3) is 0 Å². The first kappa shape index (κ1) is 36.6. The van der Waals surface area contributed by atoms with Crippen LogP contribution in [0.3, 0.4) is 0 Å². The molecule has 1 aliphatic heterocycles. The Morgan fingerprint density at radius 2 is 1.14 bits per heavy atom. The number of hydrogen-bond donors (Lipinski definition) is 1. The van der Waals surface area contributed by atoms with Gasteiger partial charge in [0.15, 0.2) is 0 Å². The third-order valence-electron chi connectivity index (χ3n) is 13.8. The topological polar surface area (TPSA) is 29.3 Å². The van der Waals surface area contributed by atoms with Gasteiger partial charge in [0.2, 0.25) is 0 Å². The van der Waals surface area contributed by atoms with Crippen molar-refractivity contribution in [1.29, 1.82) is 0 Å². The number of benzene rings is 10. The summed E-state index contributed by atoms with van der Waals surface area (Å²) in [6, 6.07) is 70.9. The maximum atomic E-state index is 5.46. The zero-order valence-corrected chi connectivity index (χ0v) is 35.4. The predicted molar refractivity (Wildman–Crippen MR) is 272 cm³/mol. The van der Waals surface area contributed by atoms with Gasteiger partial charge in [0, 0.05) is 38.7 Å². The molecule has 1 N–H and O–H groups in total. The van der Waals surface area contributed by atoms with Gasteiger partial charge in [-0.1, -0.05) is 183 Å². The standard InChI is InChI=1S/C61H43N3/c1-38-33-43(31-32-47(38)61-62-55(44-29-27-39-15-5-7-17-41(39)34-44)37-56(63-61)45-30-28-40-16-6-8-18-42(40)35-45)53-36-54-49-22-10-12-24-51(49)60-59(58(54)50-23-11-9-21-48(50)53)52-25-13-14-26-57(52)64(60)46-19-3-2-4-20-46/h2-38,47,55H,1H3,(H,62,63). The van der Waals surface area contributed by atoms with Gasteiger partial charge in [-0.3, -0.25) is 0 Å². The van der Waals surface area contributed by atoms with E-state index in [9.17, 15) is 0 Å². The van der Waals surface area contributed by atoms with Crippen LogP contribution >= 0.6 is 0 Å². The van der Waals surface area contributed by atoms with E-state index in [1.807, 2.05) is 0 Å². The second kappa shape index (κ2) is 14.5. The molecule has 2 heterocycles. The van der Waals surface area contributed by atoms with Gasteiger partial charge in [0.1, 0.15) is 5.84 Å². The summed E-state index contributed by atoms with van der Waals surface area (Å²) in [7, 11) is 0. The Balaban J connectivity index is 0.956. The molecule has 3 unspecified atom stereocenters. The zero-order chi connectivity index (χ0) is 42.3. The first-order valence-electron chi connectivity index (χ1n) is 22.4.